The SMILES string of the molecule is Cc1nc2ccccc2c(C)c1C(=O)OCC(=O)NC(=O)NCc1cccs1. The molecule has 0 aliphatic rings. The van der Waals surface area contributed by atoms with Crippen molar-refractivity contribution in [3.63, 3.8) is 0 Å². The first kappa shape index (κ1) is 19.5. The van der Waals surface area contributed by atoms with Gasteiger partial charge in [0.05, 0.1) is 23.3 Å². The summed E-state index contributed by atoms with van der Waals surface area (Å²) in [6, 6.07) is 10.6. The maximum Gasteiger partial charge on any atom is 0.340 e. The topological polar surface area (TPSA) is 97.4 Å². The van der Waals surface area contributed by atoms with Crippen LogP contribution in [0.2, 0.25) is 0 Å². The van der Waals surface area contributed by atoms with E-state index in [2.05, 4.69) is 15.6 Å². The van der Waals surface area contributed by atoms with Crippen molar-refractivity contribution in [3.8, 4) is 0 Å². The number of rotatable bonds is 5. The van der Waals surface area contributed by atoms with E-state index in [1.54, 1.807) is 6.92 Å². The lowest BCUT2D eigenvalue weighted by Gasteiger charge is -2.12. The van der Waals surface area contributed by atoms with Gasteiger partial charge in [0, 0.05) is 10.3 Å². The van der Waals surface area contributed by atoms with Crippen LogP contribution >= 0.6 is 11.3 Å². The molecule has 1 aromatic carbocycles. The maximum absolute atomic E-state index is 12.5. The number of hydrogen-bond donors (Lipinski definition) is 2. The zero-order valence-electron chi connectivity index (χ0n) is 15.4. The monoisotopic (exact) mass is 397 g/mol. The number of para-hydroxylation sites is 1. The summed E-state index contributed by atoms with van der Waals surface area (Å²) in [4.78, 5) is 41.4. The number of aryl methyl sites for hydroxylation is 2. The number of amides is 3. The van der Waals surface area contributed by atoms with Crippen LogP contribution in [0.5, 0.6) is 0 Å². The van der Waals surface area contributed by atoms with Gasteiger partial charge in [0.25, 0.3) is 5.91 Å². The third-order valence-corrected chi connectivity index (χ3v) is 5.00. The van der Waals surface area contributed by atoms with E-state index in [1.807, 2.05) is 48.7 Å². The summed E-state index contributed by atoms with van der Waals surface area (Å²) in [7, 11) is 0. The second-order valence-electron chi connectivity index (χ2n) is 6.10. The Kier molecular flexibility index (Phi) is 6.00. The third kappa shape index (κ3) is 4.52. The predicted octanol–water partition coefficient (Wildman–Crippen LogP) is 3.10. The number of carbonyl (C=O) groups is 3. The highest BCUT2D eigenvalue weighted by Gasteiger charge is 2.19. The average molecular weight is 397 g/mol. The fourth-order valence-electron chi connectivity index (χ4n) is 2.82. The molecule has 0 aliphatic carbocycles. The van der Waals surface area contributed by atoms with Crippen LogP contribution in [0.3, 0.4) is 0 Å². The van der Waals surface area contributed by atoms with Gasteiger partial charge in [-0.1, -0.05) is 24.3 Å². The van der Waals surface area contributed by atoms with E-state index >= 15 is 0 Å². The number of nitrogens with zero attached hydrogens (tertiary/aromatic N) is 1. The molecule has 3 amide bonds. The molecule has 3 rings (SSSR count). The quantitative estimate of drug-likeness (QED) is 0.645. The highest BCUT2D eigenvalue weighted by Crippen LogP contribution is 2.23. The smallest absolute Gasteiger partial charge is 0.340 e. The molecule has 0 aliphatic heterocycles. The summed E-state index contributed by atoms with van der Waals surface area (Å²) >= 11 is 1.50. The summed E-state index contributed by atoms with van der Waals surface area (Å²) in [5, 5.41) is 7.43. The molecule has 144 valence electrons. The van der Waals surface area contributed by atoms with Crippen LogP contribution in [0.1, 0.15) is 26.5 Å². The maximum atomic E-state index is 12.5. The second-order valence-corrected chi connectivity index (χ2v) is 7.13. The number of urea groups is 1. The zero-order chi connectivity index (χ0) is 20.1. The van der Waals surface area contributed by atoms with Gasteiger partial charge in [-0.2, -0.15) is 0 Å². The number of ether oxygens (including phenoxy) is 1. The number of carbonyl (C=O) groups excluding carboxylic acids is 3. The number of nitrogens with one attached hydrogen (secondary N) is 2. The summed E-state index contributed by atoms with van der Waals surface area (Å²) in [6.45, 7) is 3.29. The number of pyridine rings is 1. The lowest BCUT2D eigenvalue weighted by Crippen LogP contribution is -2.41. The lowest BCUT2D eigenvalue weighted by molar-refractivity contribution is -0.123. The first-order chi connectivity index (χ1) is 13.5. The Morgan fingerprint density at radius 3 is 2.64 bits per heavy atom. The largest absolute Gasteiger partial charge is 0.452 e. The Balaban J connectivity index is 1.57. The predicted molar refractivity (Wildman–Crippen MR) is 106 cm³/mol. The molecule has 2 aromatic heterocycles. The van der Waals surface area contributed by atoms with Gasteiger partial charge < -0.3 is 10.1 Å². The molecule has 2 N–H and O–H groups in total. The number of benzene rings is 1. The summed E-state index contributed by atoms with van der Waals surface area (Å²) in [5.41, 5.74) is 2.38. The minimum Gasteiger partial charge on any atom is -0.452 e. The molecule has 0 fully saturated rings. The molecule has 3 aromatic rings. The Labute approximate surface area is 165 Å². The van der Waals surface area contributed by atoms with Gasteiger partial charge in [-0.25, -0.2) is 9.59 Å². The standard InChI is InChI=1S/C20H19N3O4S/c1-12-15-7-3-4-8-16(15)22-13(2)18(12)19(25)27-11-17(24)23-20(26)21-10-14-6-5-9-28-14/h3-9H,10-11H2,1-2H3,(H2,21,23,24,26). The molecule has 0 saturated carbocycles. The summed E-state index contributed by atoms with van der Waals surface area (Å²) in [5.74, 6) is -1.36. The highest BCUT2D eigenvalue weighted by molar-refractivity contribution is 7.09. The molecule has 0 spiro atoms. The van der Waals surface area contributed by atoms with E-state index in [0.29, 0.717) is 17.8 Å². The van der Waals surface area contributed by atoms with E-state index in [4.69, 9.17) is 4.74 Å². The summed E-state index contributed by atoms with van der Waals surface area (Å²) < 4.78 is 5.08. The van der Waals surface area contributed by atoms with Crippen LogP contribution in [0.4, 0.5) is 4.79 Å². The van der Waals surface area contributed by atoms with Crippen molar-refractivity contribution in [2.75, 3.05) is 6.61 Å². The molecule has 7 nitrogen and oxygen atoms in total. The van der Waals surface area contributed by atoms with Gasteiger partial charge in [-0.05, 0) is 36.9 Å². The van der Waals surface area contributed by atoms with Crippen molar-refractivity contribution >= 4 is 40.1 Å². The molecule has 0 radical (unpaired) electrons. The number of thiophene rings is 1. The van der Waals surface area contributed by atoms with Crippen molar-refractivity contribution in [1.29, 1.82) is 0 Å². The Bertz CT molecular complexity index is 1030. The molecule has 0 unspecified atom stereocenters. The van der Waals surface area contributed by atoms with Gasteiger partial charge in [0.2, 0.25) is 0 Å². The van der Waals surface area contributed by atoms with Crippen molar-refractivity contribution in [2.24, 2.45) is 0 Å². The Morgan fingerprint density at radius 2 is 1.89 bits per heavy atom. The first-order valence-corrected chi connectivity index (χ1v) is 9.47. The van der Waals surface area contributed by atoms with Crippen molar-refractivity contribution in [2.45, 2.75) is 20.4 Å². The average Bonchev–Trinajstić information content (AvgIpc) is 3.18. The fraction of sp³-hybridized carbons (Fsp3) is 0.200. The minimum absolute atomic E-state index is 0.317. The number of hydrogen-bond acceptors (Lipinski definition) is 6. The van der Waals surface area contributed by atoms with Gasteiger partial charge in [-0.3, -0.25) is 15.1 Å². The summed E-state index contributed by atoms with van der Waals surface area (Å²) in [6.07, 6.45) is 0. The van der Waals surface area contributed by atoms with Crippen molar-refractivity contribution in [3.05, 3.63) is 63.5 Å². The molecule has 2 heterocycles. The van der Waals surface area contributed by atoms with Crippen LogP contribution in [0.25, 0.3) is 10.9 Å². The molecular formula is C20H19N3O4S. The van der Waals surface area contributed by atoms with Crippen molar-refractivity contribution in [1.82, 2.24) is 15.6 Å². The molecule has 0 bridgehead atoms. The van der Waals surface area contributed by atoms with Gasteiger partial charge in [-0.15, -0.1) is 11.3 Å². The van der Waals surface area contributed by atoms with Crippen molar-refractivity contribution < 1.29 is 19.1 Å². The van der Waals surface area contributed by atoms with Crippen LogP contribution in [0.15, 0.2) is 41.8 Å². The van der Waals surface area contributed by atoms with Gasteiger partial charge in [0.15, 0.2) is 6.61 Å². The van der Waals surface area contributed by atoms with Crippen LogP contribution < -0.4 is 10.6 Å². The normalized spacial score (nSPS) is 10.5. The number of fused-ring (bicyclic) bond motifs is 1. The molecule has 8 heteroatoms. The van der Waals surface area contributed by atoms with E-state index in [0.717, 1.165) is 21.3 Å². The lowest BCUT2D eigenvalue weighted by atomic mass is 10.0. The molecule has 0 atom stereocenters. The van der Waals surface area contributed by atoms with E-state index in [1.165, 1.54) is 11.3 Å². The third-order valence-electron chi connectivity index (χ3n) is 4.13. The molecule has 0 saturated heterocycles. The number of aromatic nitrogens is 1. The van der Waals surface area contributed by atoms with Crippen LogP contribution in [0, 0.1) is 13.8 Å². The number of esters is 1. The first-order valence-electron chi connectivity index (χ1n) is 8.59. The minimum atomic E-state index is -0.707. The van der Waals surface area contributed by atoms with Crippen LogP contribution in [-0.4, -0.2) is 29.5 Å². The van der Waals surface area contributed by atoms with Gasteiger partial charge in [0.1, 0.15) is 0 Å². The second kappa shape index (κ2) is 8.62. The Morgan fingerprint density at radius 1 is 1.11 bits per heavy atom. The molecule has 28 heavy (non-hydrogen) atoms. The van der Waals surface area contributed by atoms with Gasteiger partial charge >= 0.3 is 12.0 Å². The van der Waals surface area contributed by atoms with E-state index in [9.17, 15) is 14.4 Å². The van der Waals surface area contributed by atoms with E-state index in [-0.39, 0.29) is 0 Å². The Hall–Kier alpha value is -3.26. The fourth-order valence-corrected chi connectivity index (χ4v) is 3.47. The molecular weight excluding hydrogens is 378 g/mol. The zero-order valence-corrected chi connectivity index (χ0v) is 16.3. The number of imide groups is 1. The van der Waals surface area contributed by atoms with Crippen LogP contribution in [-0.2, 0) is 16.1 Å². The van der Waals surface area contributed by atoms with E-state index < -0.39 is 24.5 Å². The highest BCUT2D eigenvalue weighted by atomic mass is 32.1.